The normalized spacial score (nSPS) is 18.4. The number of rotatable bonds is 3. The molecule has 1 fully saturated rings. The lowest BCUT2D eigenvalue weighted by atomic mass is 9.98. The van der Waals surface area contributed by atoms with Gasteiger partial charge in [-0.2, -0.15) is 0 Å². The van der Waals surface area contributed by atoms with Crippen molar-refractivity contribution >= 4 is 18.3 Å². The van der Waals surface area contributed by atoms with Crippen LogP contribution in [0.3, 0.4) is 0 Å². The maximum Gasteiger partial charge on any atom is 0.240 e. The summed E-state index contributed by atoms with van der Waals surface area (Å²) in [7, 11) is 0. The maximum absolute atomic E-state index is 12.1. The van der Waals surface area contributed by atoms with Gasteiger partial charge in [-0.3, -0.25) is 4.79 Å². The number of ether oxygens (including phenoxy) is 2. The van der Waals surface area contributed by atoms with Crippen LogP contribution in [0.5, 0.6) is 11.5 Å². The molecule has 2 aliphatic rings. The summed E-state index contributed by atoms with van der Waals surface area (Å²) in [5, 5.41) is 2.91. The van der Waals surface area contributed by atoms with E-state index in [2.05, 4.69) is 5.32 Å². The Hall–Kier alpha value is -1.46. The zero-order valence-corrected chi connectivity index (χ0v) is 12.0. The minimum atomic E-state index is -0.670. The van der Waals surface area contributed by atoms with E-state index in [1.165, 1.54) is 0 Å². The van der Waals surface area contributed by atoms with E-state index in [0.29, 0.717) is 6.54 Å². The molecule has 1 aromatic carbocycles. The monoisotopic (exact) mass is 298 g/mol. The first kappa shape index (κ1) is 14.9. The van der Waals surface area contributed by atoms with E-state index in [9.17, 15) is 4.79 Å². The van der Waals surface area contributed by atoms with Crippen LogP contribution in [0.15, 0.2) is 18.2 Å². The molecule has 0 radical (unpaired) electrons. The smallest absolute Gasteiger partial charge is 0.240 e. The molecule has 1 heterocycles. The van der Waals surface area contributed by atoms with Gasteiger partial charge in [0.1, 0.15) is 0 Å². The molecule has 1 aliphatic heterocycles. The minimum absolute atomic E-state index is 0. The first-order valence-corrected chi connectivity index (χ1v) is 6.63. The van der Waals surface area contributed by atoms with Gasteiger partial charge in [0.25, 0.3) is 0 Å². The lowest BCUT2D eigenvalue weighted by molar-refractivity contribution is -0.126. The highest BCUT2D eigenvalue weighted by molar-refractivity contribution is 5.86. The van der Waals surface area contributed by atoms with Crippen LogP contribution >= 0.6 is 12.4 Å². The largest absolute Gasteiger partial charge is 0.454 e. The molecule has 0 unspecified atom stereocenters. The Morgan fingerprint density at radius 2 is 1.95 bits per heavy atom. The summed E-state index contributed by atoms with van der Waals surface area (Å²) in [6.45, 7) is 0.728. The van der Waals surface area contributed by atoms with Crippen LogP contribution in [0.1, 0.15) is 31.2 Å². The van der Waals surface area contributed by atoms with Gasteiger partial charge in [-0.15, -0.1) is 12.4 Å². The highest BCUT2D eigenvalue weighted by Crippen LogP contribution is 2.32. The van der Waals surface area contributed by atoms with E-state index in [1.807, 2.05) is 18.2 Å². The molecular formula is C14H19ClN2O3. The summed E-state index contributed by atoms with van der Waals surface area (Å²) in [6.07, 6.45) is 3.63. The topological polar surface area (TPSA) is 73.6 Å². The van der Waals surface area contributed by atoms with Gasteiger partial charge in [0.2, 0.25) is 12.7 Å². The van der Waals surface area contributed by atoms with Crippen molar-refractivity contribution in [2.75, 3.05) is 6.79 Å². The molecule has 0 atom stereocenters. The molecule has 1 saturated carbocycles. The molecule has 110 valence electrons. The number of carbonyl (C=O) groups is 1. The SMILES string of the molecule is Cl.NC1(C(=O)NCc2ccc3c(c2)OCO3)CCCC1. The van der Waals surface area contributed by atoms with E-state index in [0.717, 1.165) is 42.7 Å². The number of halogens is 1. The summed E-state index contributed by atoms with van der Waals surface area (Å²) in [5.41, 5.74) is 6.42. The van der Waals surface area contributed by atoms with E-state index in [1.54, 1.807) is 0 Å². The standard InChI is InChI=1S/C14H18N2O3.ClH/c15-14(5-1-2-6-14)13(17)16-8-10-3-4-11-12(7-10)19-9-18-11;/h3-4,7H,1-2,5-6,8-9,15H2,(H,16,17);1H. The lowest BCUT2D eigenvalue weighted by Gasteiger charge is -2.22. The number of fused-ring (bicyclic) bond motifs is 1. The number of nitrogens with two attached hydrogens (primary N) is 1. The van der Waals surface area contributed by atoms with Crippen molar-refractivity contribution in [2.45, 2.75) is 37.8 Å². The van der Waals surface area contributed by atoms with Crippen molar-refractivity contribution in [3.63, 3.8) is 0 Å². The van der Waals surface area contributed by atoms with Gasteiger partial charge in [-0.05, 0) is 30.5 Å². The quantitative estimate of drug-likeness (QED) is 0.891. The van der Waals surface area contributed by atoms with Crippen LogP contribution in [0, 0.1) is 0 Å². The van der Waals surface area contributed by atoms with Crippen molar-refractivity contribution in [1.82, 2.24) is 5.32 Å². The van der Waals surface area contributed by atoms with E-state index in [4.69, 9.17) is 15.2 Å². The number of hydrogen-bond acceptors (Lipinski definition) is 4. The molecule has 0 spiro atoms. The molecule has 1 aromatic rings. The van der Waals surface area contributed by atoms with Gasteiger partial charge >= 0.3 is 0 Å². The molecule has 0 aromatic heterocycles. The highest BCUT2D eigenvalue weighted by atomic mass is 35.5. The number of benzene rings is 1. The Kier molecular flexibility index (Phi) is 4.40. The molecule has 3 rings (SSSR count). The molecule has 1 aliphatic carbocycles. The average molecular weight is 299 g/mol. The van der Waals surface area contributed by atoms with Gasteiger partial charge in [0, 0.05) is 6.54 Å². The molecule has 20 heavy (non-hydrogen) atoms. The first-order valence-electron chi connectivity index (χ1n) is 6.63. The van der Waals surface area contributed by atoms with Crippen LogP contribution in [-0.4, -0.2) is 18.2 Å². The van der Waals surface area contributed by atoms with Gasteiger partial charge < -0.3 is 20.5 Å². The zero-order chi connectivity index (χ0) is 13.3. The summed E-state index contributed by atoms with van der Waals surface area (Å²) in [4.78, 5) is 12.1. The van der Waals surface area contributed by atoms with E-state index < -0.39 is 5.54 Å². The van der Waals surface area contributed by atoms with Crippen molar-refractivity contribution in [3.05, 3.63) is 23.8 Å². The molecule has 0 saturated heterocycles. The summed E-state index contributed by atoms with van der Waals surface area (Å²) < 4.78 is 10.6. The Bertz CT molecular complexity index is 501. The predicted molar refractivity (Wildman–Crippen MR) is 77.0 cm³/mol. The molecule has 0 bridgehead atoms. The van der Waals surface area contributed by atoms with Gasteiger partial charge in [0.05, 0.1) is 5.54 Å². The van der Waals surface area contributed by atoms with Crippen molar-refractivity contribution in [2.24, 2.45) is 5.73 Å². The molecule has 6 heteroatoms. The van der Waals surface area contributed by atoms with Crippen molar-refractivity contribution in [1.29, 1.82) is 0 Å². The third kappa shape index (κ3) is 2.83. The Morgan fingerprint density at radius 1 is 1.25 bits per heavy atom. The van der Waals surface area contributed by atoms with Gasteiger partial charge in [0.15, 0.2) is 11.5 Å². The van der Waals surface area contributed by atoms with Gasteiger partial charge in [-0.1, -0.05) is 18.9 Å². The number of nitrogens with one attached hydrogen (secondary N) is 1. The molecule has 3 N–H and O–H groups in total. The summed E-state index contributed by atoms with van der Waals surface area (Å²) in [5.74, 6) is 1.43. The molecule has 1 amide bonds. The molecule has 5 nitrogen and oxygen atoms in total. The van der Waals surface area contributed by atoms with Crippen LogP contribution < -0.4 is 20.5 Å². The first-order chi connectivity index (χ1) is 9.17. The lowest BCUT2D eigenvalue weighted by Crippen LogP contribution is -2.51. The fourth-order valence-electron chi connectivity index (χ4n) is 2.64. The van der Waals surface area contributed by atoms with Crippen molar-refractivity contribution in [3.8, 4) is 11.5 Å². The second-order valence-corrected chi connectivity index (χ2v) is 5.23. The summed E-state index contributed by atoms with van der Waals surface area (Å²) in [6, 6.07) is 5.67. The number of hydrogen-bond donors (Lipinski definition) is 2. The molecular weight excluding hydrogens is 280 g/mol. The zero-order valence-electron chi connectivity index (χ0n) is 11.2. The van der Waals surface area contributed by atoms with E-state index in [-0.39, 0.29) is 25.1 Å². The highest BCUT2D eigenvalue weighted by Gasteiger charge is 2.36. The van der Waals surface area contributed by atoms with Crippen LogP contribution in [0.4, 0.5) is 0 Å². The summed E-state index contributed by atoms with van der Waals surface area (Å²) >= 11 is 0. The Labute approximate surface area is 124 Å². The van der Waals surface area contributed by atoms with Gasteiger partial charge in [-0.25, -0.2) is 0 Å². The Balaban J connectivity index is 0.00000147. The van der Waals surface area contributed by atoms with Crippen LogP contribution in [-0.2, 0) is 11.3 Å². The third-order valence-corrected chi connectivity index (χ3v) is 3.84. The van der Waals surface area contributed by atoms with Crippen molar-refractivity contribution < 1.29 is 14.3 Å². The van der Waals surface area contributed by atoms with E-state index >= 15 is 0 Å². The fraction of sp³-hybridized carbons (Fsp3) is 0.500. The van der Waals surface area contributed by atoms with Crippen LogP contribution in [0.25, 0.3) is 0 Å². The maximum atomic E-state index is 12.1. The Morgan fingerprint density at radius 3 is 2.70 bits per heavy atom. The second-order valence-electron chi connectivity index (χ2n) is 5.23. The second kappa shape index (κ2) is 5.89. The number of carbonyl (C=O) groups excluding carboxylic acids is 1. The average Bonchev–Trinajstić information content (AvgIpc) is 3.04. The fourth-order valence-corrected chi connectivity index (χ4v) is 2.64. The number of amides is 1. The predicted octanol–water partition coefficient (Wildman–Crippen LogP) is 1.72. The van der Waals surface area contributed by atoms with Crippen LogP contribution in [0.2, 0.25) is 0 Å². The minimum Gasteiger partial charge on any atom is -0.454 e. The third-order valence-electron chi connectivity index (χ3n) is 3.84.